The van der Waals surface area contributed by atoms with E-state index in [9.17, 15) is 4.79 Å². The molecule has 1 saturated heterocycles. The molecule has 1 atom stereocenters. The summed E-state index contributed by atoms with van der Waals surface area (Å²) in [5.41, 5.74) is 5.00. The van der Waals surface area contributed by atoms with Crippen LogP contribution in [-0.4, -0.2) is 62.5 Å². The maximum atomic E-state index is 13.0. The normalized spacial score (nSPS) is 17.9. The minimum Gasteiger partial charge on any atom is -0.484 e. The van der Waals surface area contributed by atoms with Gasteiger partial charge in [-0.3, -0.25) is 9.69 Å². The van der Waals surface area contributed by atoms with Gasteiger partial charge < -0.3 is 20.3 Å². The number of fused-ring (bicyclic) bond motifs is 2. The Morgan fingerprint density at radius 1 is 0.949 bits per heavy atom. The summed E-state index contributed by atoms with van der Waals surface area (Å²) in [6, 6.07) is 27.0. The zero-order valence-electron chi connectivity index (χ0n) is 23.4. The lowest BCUT2D eigenvalue weighted by atomic mass is 9.74. The highest BCUT2D eigenvalue weighted by atomic mass is 16.5. The molecule has 3 aromatic rings. The highest BCUT2D eigenvalue weighted by Gasteiger charge is 2.42. The molecule has 0 bridgehead atoms. The Hall–Kier alpha value is -3.19. The van der Waals surface area contributed by atoms with E-state index in [2.05, 4.69) is 63.9 Å². The zero-order valence-corrected chi connectivity index (χ0v) is 23.4. The molecule has 1 fully saturated rings. The molecule has 2 aliphatic rings. The SMILES string of the molecule is CNCCC(Oc1ccccc1NC(=O)CCN1CCC2(CC1)c1ccccc1CCN2C)c1ccccc1. The Balaban J connectivity index is 1.17. The van der Waals surface area contributed by atoms with E-state index in [0.717, 1.165) is 69.7 Å². The van der Waals surface area contributed by atoms with Crippen molar-refractivity contribution < 1.29 is 9.53 Å². The Kier molecular flexibility index (Phi) is 8.97. The van der Waals surface area contributed by atoms with Gasteiger partial charge in [-0.25, -0.2) is 0 Å². The number of amides is 1. The first-order valence-corrected chi connectivity index (χ1v) is 14.4. The number of hydrogen-bond donors (Lipinski definition) is 2. The van der Waals surface area contributed by atoms with E-state index < -0.39 is 0 Å². The van der Waals surface area contributed by atoms with Crippen LogP contribution in [0.15, 0.2) is 78.9 Å². The van der Waals surface area contributed by atoms with Crippen molar-refractivity contribution in [2.45, 2.75) is 43.7 Å². The molecule has 0 saturated carbocycles. The molecule has 2 aliphatic heterocycles. The highest BCUT2D eigenvalue weighted by Crippen LogP contribution is 2.42. The van der Waals surface area contributed by atoms with Gasteiger partial charge in [0.05, 0.1) is 5.69 Å². The number of likely N-dealkylation sites (N-methyl/N-ethyl adjacent to an activating group) is 1. The van der Waals surface area contributed by atoms with Crippen LogP contribution in [0.2, 0.25) is 0 Å². The number of ether oxygens (including phenoxy) is 1. The van der Waals surface area contributed by atoms with Crippen molar-refractivity contribution in [3.05, 3.63) is 95.6 Å². The van der Waals surface area contributed by atoms with E-state index in [0.29, 0.717) is 12.2 Å². The first-order valence-electron chi connectivity index (χ1n) is 14.4. The van der Waals surface area contributed by atoms with Crippen molar-refractivity contribution >= 4 is 11.6 Å². The van der Waals surface area contributed by atoms with Crippen molar-refractivity contribution in [3.8, 4) is 5.75 Å². The number of rotatable bonds is 10. The Bertz CT molecular complexity index is 1220. The maximum absolute atomic E-state index is 13.0. The van der Waals surface area contributed by atoms with E-state index in [4.69, 9.17) is 4.74 Å². The van der Waals surface area contributed by atoms with Gasteiger partial charge in [0, 0.05) is 44.6 Å². The molecule has 1 amide bonds. The summed E-state index contributed by atoms with van der Waals surface area (Å²) < 4.78 is 6.46. The lowest BCUT2D eigenvalue weighted by Gasteiger charge is -2.51. The fourth-order valence-corrected chi connectivity index (χ4v) is 6.23. The van der Waals surface area contributed by atoms with E-state index in [1.165, 1.54) is 11.1 Å². The monoisotopic (exact) mass is 526 g/mol. The minimum atomic E-state index is -0.0968. The van der Waals surface area contributed by atoms with E-state index in [1.54, 1.807) is 0 Å². The zero-order chi connectivity index (χ0) is 27.1. The average Bonchev–Trinajstić information content (AvgIpc) is 2.98. The third-order valence-corrected chi connectivity index (χ3v) is 8.56. The van der Waals surface area contributed by atoms with Gasteiger partial charge in [-0.05, 0) is 68.7 Å². The van der Waals surface area contributed by atoms with Crippen molar-refractivity contribution in [1.82, 2.24) is 15.1 Å². The highest BCUT2D eigenvalue weighted by molar-refractivity contribution is 5.92. The average molecular weight is 527 g/mol. The van der Waals surface area contributed by atoms with E-state index in [1.807, 2.05) is 49.5 Å². The van der Waals surface area contributed by atoms with Crippen LogP contribution in [0.4, 0.5) is 5.69 Å². The summed E-state index contributed by atoms with van der Waals surface area (Å²) in [7, 11) is 4.23. The van der Waals surface area contributed by atoms with Crippen LogP contribution in [0.1, 0.15) is 48.5 Å². The summed E-state index contributed by atoms with van der Waals surface area (Å²) >= 11 is 0. The van der Waals surface area contributed by atoms with Crippen LogP contribution in [0.5, 0.6) is 5.75 Å². The van der Waals surface area contributed by atoms with E-state index >= 15 is 0 Å². The third-order valence-electron chi connectivity index (χ3n) is 8.56. The number of nitrogens with zero attached hydrogens (tertiary/aromatic N) is 2. The van der Waals surface area contributed by atoms with Crippen molar-refractivity contribution in [3.63, 3.8) is 0 Å². The molecule has 2 N–H and O–H groups in total. The lowest BCUT2D eigenvalue weighted by Crippen LogP contribution is -2.54. The van der Waals surface area contributed by atoms with Crippen LogP contribution in [0.25, 0.3) is 0 Å². The number of benzene rings is 3. The minimum absolute atomic E-state index is 0.0259. The van der Waals surface area contributed by atoms with Crippen LogP contribution in [-0.2, 0) is 16.8 Å². The second-order valence-corrected chi connectivity index (χ2v) is 10.9. The third kappa shape index (κ3) is 6.35. The fourth-order valence-electron chi connectivity index (χ4n) is 6.23. The number of likely N-dealkylation sites (tertiary alicyclic amines) is 1. The number of nitrogens with one attached hydrogen (secondary N) is 2. The number of carbonyl (C=O) groups excluding carboxylic acids is 1. The maximum Gasteiger partial charge on any atom is 0.225 e. The summed E-state index contributed by atoms with van der Waals surface area (Å²) in [5.74, 6) is 0.729. The quantitative estimate of drug-likeness (QED) is 0.379. The van der Waals surface area contributed by atoms with Gasteiger partial charge in [0.1, 0.15) is 11.9 Å². The number of piperidine rings is 1. The molecule has 0 radical (unpaired) electrons. The molecule has 1 unspecified atom stereocenters. The fraction of sp³-hybridized carbons (Fsp3) is 0.424. The van der Waals surface area contributed by atoms with Crippen LogP contribution < -0.4 is 15.4 Å². The second-order valence-electron chi connectivity index (χ2n) is 10.9. The van der Waals surface area contributed by atoms with Crippen LogP contribution >= 0.6 is 0 Å². The van der Waals surface area contributed by atoms with Crippen LogP contribution in [0, 0.1) is 0 Å². The first kappa shape index (κ1) is 27.4. The molecule has 6 nitrogen and oxygen atoms in total. The van der Waals surface area contributed by atoms with Crippen molar-refractivity contribution in [1.29, 1.82) is 0 Å². The Labute approximate surface area is 233 Å². The Morgan fingerprint density at radius 2 is 1.67 bits per heavy atom. The molecule has 2 heterocycles. The predicted molar refractivity (Wildman–Crippen MR) is 158 cm³/mol. The van der Waals surface area contributed by atoms with Crippen molar-refractivity contribution in [2.75, 3.05) is 52.1 Å². The summed E-state index contributed by atoms with van der Waals surface area (Å²) in [6.07, 6.45) is 4.54. The molecule has 3 aromatic carbocycles. The number of hydrogen-bond acceptors (Lipinski definition) is 5. The molecular weight excluding hydrogens is 484 g/mol. The number of anilines is 1. The number of para-hydroxylation sites is 2. The summed E-state index contributed by atoms with van der Waals surface area (Å²) in [6.45, 7) is 4.74. The summed E-state index contributed by atoms with van der Waals surface area (Å²) in [4.78, 5) is 18.0. The smallest absolute Gasteiger partial charge is 0.225 e. The van der Waals surface area contributed by atoms with Gasteiger partial charge >= 0.3 is 0 Å². The number of carbonyl (C=O) groups is 1. The van der Waals surface area contributed by atoms with Gasteiger partial charge in [0.25, 0.3) is 0 Å². The molecular formula is C33H42N4O2. The molecule has 206 valence electrons. The van der Waals surface area contributed by atoms with Gasteiger partial charge in [0.2, 0.25) is 5.91 Å². The van der Waals surface area contributed by atoms with E-state index in [-0.39, 0.29) is 17.6 Å². The molecule has 39 heavy (non-hydrogen) atoms. The van der Waals surface area contributed by atoms with Crippen molar-refractivity contribution in [2.24, 2.45) is 0 Å². The van der Waals surface area contributed by atoms with Gasteiger partial charge in [-0.2, -0.15) is 0 Å². The summed E-state index contributed by atoms with van der Waals surface area (Å²) in [5, 5.41) is 6.34. The molecule has 6 heteroatoms. The van der Waals surface area contributed by atoms with Gasteiger partial charge in [-0.1, -0.05) is 66.7 Å². The molecule has 5 rings (SSSR count). The first-order chi connectivity index (χ1) is 19.1. The Morgan fingerprint density at radius 3 is 2.46 bits per heavy atom. The predicted octanol–water partition coefficient (Wildman–Crippen LogP) is 5.22. The second kappa shape index (κ2) is 12.8. The standard InChI is InChI=1S/C33H42N4O2/c1-34-21-16-30(27-11-4-3-5-12-27)39-31-15-9-8-14-29(31)35-32(38)18-23-37-24-19-33(20-25-37)28-13-7-6-10-26(28)17-22-36(33)2/h3-15,30,34H,16-25H2,1-2H3,(H,35,38). The lowest BCUT2D eigenvalue weighted by molar-refractivity contribution is -0.116. The van der Waals surface area contributed by atoms with Gasteiger partial charge in [-0.15, -0.1) is 0 Å². The topological polar surface area (TPSA) is 56.8 Å². The molecule has 1 spiro atoms. The van der Waals surface area contributed by atoms with Crippen LogP contribution in [0.3, 0.4) is 0 Å². The molecule has 0 aliphatic carbocycles. The largest absolute Gasteiger partial charge is 0.484 e. The molecule has 0 aromatic heterocycles. The van der Waals surface area contributed by atoms with Gasteiger partial charge in [0.15, 0.2) is 0 Å².